The van der Waals surface area contributed by atoms with Crippen LogP contribution in [0.4, 0.5) is 0 Å². The van der Waals surface area contributed by atoms with Gasteiger partial charge in [0.15, 0.2) is 0 Å². The van der Waals surface area contributed by atoms with Gasteiger partial charge in [0.2, 0.25) is 0 Å². The second-order valence-electron chi connectivity index (χ2n) is 3.80. The number of carbonyl (C=O) groups is 1. The quantitative estimate of drug-likeness (QED) is 0.679. The average Bonchev–Trinajstić information content (AvgIpc) is 2.41. The number of rotatable bonds is 4. The number of hydrogen-bond donors (Lipinski definition) is 1. The van der Waals surface area contributed by atoms with Crippen molar-refractivity contribution in [1.82, 2.24) is 0 Å². The lowest BCUT2D eigenvalue weighted by Crippen LogP contribution is -2.00. The highest BCUT2D eigenvalue weighted by atomic mass is 32.2. The molecule has 0 fully saturated rings. The van der Waals surface area contributed by atoms with E-state index in [4.69, 9.17) is 0 Å². The largest absolute Gasteiger partial charge is 0.507 e. The third-order valence-electron chi connectivity index (χ3n) is 2.65. The Labute approximate surface area is 110 Å². The highest BCUT2D eigenvalue weighted by Gasteiger charge is 2.06. The number of phenols is 1. The van der Waals surface area contributed by atoms with Crippen molar-refractivity contribution < 1.29 is 14.6 Å². The van der Waals surface area contributed by atoms with Crippen LogP contribution in [0.25, 0.3) is 10.8 Å². The normalized spacial score (nSPS) is 10.5. The van der Waals surface area contributed by atoms with Crippen molar-refractivity contribution >= 4 is 28.5 Å². The Morgan fingerprint density at radius 2 is 1.94 bits per heavy atom. The van der Waals surface area contributed by atoms with Crippen LogP contribution in [0.2, 0.25) is 0 Å². The van der Waals surface area contributed by atoms with Gasteiger partial charge in [-0.1, -0.05) is 24.3 Å². The van der Waals surface area contributed by atoms with E-state index >= 15 is 0 Å². The minimum Gasteiger partial charge on any atom is -0.507 e. The standard InChI is InChI=1S/C14H14O3S/c1-17-14(16)8-9-18-13-7-6-12(15)10-4-2-3-5-11(10)13/h2-7,15H,8-9H2,1H3. The van der Waals surface area contributed by atoms with Crippen LogP contribution in [-0.4, -0.2) is 23.9 Å². The molecule has 0 heterocycles. The smallest absolute Gasteiger partial charge is 0.306 e. The van der Waals surface area contributed by atoms with Crippen LogP contribution in [0.15, 0.2) is 41.3 Å². The van der Waals surface area contributed by atoms with Crippen LogP contribution in [0.5, 0.6) is 5.75 Å². The lowest BCUT2D eigenvalue weighted by molar-refractivity contribution is -0.140. The number of phenolic OH excluding ortho intramolecular Hbond substituents is 1. The van der Waals surface area contributed by atoms with Crippen molar-refractivity contribution in [3.05, 3.63) is 36.4 Å². The number of carbonyl (C=O) groups excluding carboxylic acids is 1. The monoisotopic (exact) mass is 262 g/mol. The van der Waals surface area contributed by atoms with Gasteiger partial charge in [-0.3, -0.25) is 4.79 Å². The minimum atomic E-state index is -0.203. The fourth-order valence-corrected chi connectivity index (χ4v) is 2.71. The molecular formula is C14H14O3S. The third kappa shape index (κ3) is 2.76. The van der Waals surface area contributed by atoms with Gasteiger partial charge in [0, 0.05) is 16.0 Å². The predicted octanol–water partition coefficient (Wildman–Crippen LogP) is 3.20. The first-order valence-corrected chi connectivity index (χ1v) is 6.61. The molecule has 0 aliphatic carbocycles. The molecule has 4 heteroatoms. The molecule has 3 nitrogen and oxygen atoms in total. The average molecular weight is 262 g/mol. The zero-order valence-corrected chi connectivity index (χ0v) is 10.9. The Hall–Kier alpha value is -1.68. The number of aromatic hydroxyl groups is 1. The van der Waals surface area contributed by atoms with Gasteiger partial charge in [-0.2, -0.15) is 0 Å². The van der Waals surface area contributed by atoms with Crippen molar-refractivity contribution in [1.29, 1.82) is 0 Å². The highest BCUT2D eigenvalue weighted by Crippen LogP contribution is 2.33. The van der Waals surface area contributed by atoms with Crippen molar-refractivity contribution in [3.63, 3.8) is 0 Å². The molecule has 0 unspecified atom stereocenters. The lowest BCUT2D eigenvalue weighted by atomic mass is 10.1. The molecule has 2 rings (SSSR count). The summed E-state index contributed by atoms with van der Waals surface area (Å²) in [7, 11) is 1.39. The first-order chi connectivity index (χ1) is 8.72. The van der Waals surface area contributed by atoms with Crippen LogP contribution in [0.1, 0.15) is 6.42 Å². The first-order valence-electron chi connectivity index (χ1n) is 5.62. The topological polar surface area (TPSA) is 46.5 Å². The van der Waals surface area contributed by atoms with E-state index in [2.05, 4.69) is 4.74 Å². The molecule has 1 N–H and O–H groups in total. The molecule has 0 amide bonds. The fraction of sp³-hybridized carbons (Fsp3) is 0.214. The van der Waals surface area contributed by atoms with E-state index in [1.165, 1.54) is 7.11 Å². The molecule has 18 heavy (non-hydrogen) atoms. The van der Waals surface area contributed by atoms with Gasteiger partial charge in [0.05, 0.1) is 13.5 Å². The second kappa shape index (κ2) is 5.78. The molecule has 0 aliphatic heterocycles. The van der Waals surface area contributed by atoms with Gasteiger partial charge >= 0.3 is 5.97 Å². The van der Waals surface area contributed by atoms with E-state index in [9.17, 15) is 9.90 Å². The molecule has 0 saturated carbocycles. The summed E-state index contributed by atoms with van der Waals surface area (Å²) in [4.78, 5) is 12.1. The summed E-state index contributed by atoms with van der Waals surface area (Å²) < 4.78 is 4.60. The number of esters is 1. The maximum absolute atomic E-state index is 11.0. The van der Waals surface area contributed by atoms with E-state index in [1.807, 2.05) is 30.3 Å². The van der Waals surface area contributed by atoms with Gasteiger partial charge < -0.3 is 9.84 Å². The number of ether oxygens (including phenoxy) is 1. The summed E-state index contributed by atoms with van der Waals surface area (Å²) in [6.45, 7) is 0. The number of fused-ring (bicyclic) bond motifs is 1. The van der Waals surface area contributed by atoms with Crippen molar-refractivity contribution in [3.8, 4) is 5.75 Å². The number of thioether (sulfide) groups is 1. The van der Waals surface area contributed by atoms with Gasteiger partial charge in [-0.15, -0.1) is 11.8 Å². The zero-order valence-electron chi connectivity index (χ0n) is 10.1. The zero-order chi connectivity index (χ0) is 13.0. The highest BCUT2D eigenvalue weighted by molar-refractivity contribution is 7.99. The molecule has 0 radical (unpaired) electrons. The maximum atomic E-state index is 11.0. The fourth-order valence-electron chi connectivity index (χ4n) is 1.73. The van der Waals surface area contributed by atoms with Crippen LogP contribution < -0.4 is 0 Å². The minimum absolute atomic E-state index is 0.203. The van der Waals surface area contributed by atoms with Gasteiger partial charge in [-0.05, 0) is 17.5 Å². The summed E-state index contributed by atoms with van der Waals surface area (Å²) >= 11 is 1.59. The Morgan fingerprint density at radius 1 is 1.22 bits per heavy atom. The number of methoxy groups -OCH3 is 1. The van der Waals surface area contributed by atoms with E-state index in [1.54, 1.807) is 17.8 Å². The first kappa shape index (κ1) is 12.8. The van der Waals surface area contributed by atoms with Crippen LogP contribution in [0.3, 0.4) is 0 Å². The summed E-state index contributed by atoms with van der Waals surface area (Å²) in [5.41, 5.74) is 0. The molecule has 0 aromatic heterocycles. The summed E-state index contributed by atoms with van der Waals surface area (Å²) in [6, 6.07) is 11.2. The van der Waals surface area contributed by atoms with Crippen LogP contribution in [0, 0.1) is 0 Å². The summed E-state index contributed by atoms with van der Waals surface area (Å²) in [5, 5.41) is 11.6. The maximum Gasteiger partial charge on any atom is 0.306 e. The van der Waals surface area contributed by atoms with Gasteiger partial charge in [0.25, 0.3) is 0 Å². The van der Waals surface area contributed by atoms with Gasteiger partial charge in [-0.25, -0.2) is 0 Å². The van der Waals surface area contributed by atoms with Crippen molar-refractivity contribution in [2.45, 2.75) is 11.3 Å². The molecule has 0 spiro atoms. The molecule has 2 aromatic carbocycles. The second-order valence-corrected chi connectivity index (χ2v) is 4.94. The van der Waals surface area contributed by atoms with Gasteiger partial charge in [0.1, 0.15) is 5.75 Å². The predicted molar refractivity (Wildman–Crippen MR) is 73.0 cm³/mol. The number of benzene rings is 2. The van der Waals surface area contributed by atoms with E-state index < -0.39 is 0 Å². The Morgan fingerprint density at radius 3 is 2.67 bits per heavy atom. The summed E-state index contributed by atoms with van der Waals surface area (Å²) in [5.74, 6) is 0.745. The molecule has 0 bridgehead atoms. The number of hydrogen-bond acceptors (Lipinski definition) is 4. The van der Waals surface area contributed by atoms with E-state index in [0.717, 1.165) is 15.7 Å². The Bertz CT molecular complexity index is 566. The lowest BCUT2D eigenvalue weighted by Gasteiger charge is -2.07. The summed E-state index contributed by atoms with van der Waals surface area (Å²) in [6.07, 6.45) is 0.385. The molecule has 0 aliphatic rings. The molecule has 0 atom stereocenters. The van der Waals surface area contributed by atoms with Crippen molar-refractivity contribution in [2.24, 2.45) is 0 Å². The molecule has 0 saturated heterocycles. The van der Waals surface area contributed by atoms with Crippen LogP contribution >= 0.6 is 11.8 Å². The van der Waals surface area contributed by atoms with E-state index in [0.29, 0.717) is 12.2 Å². The van der Waals surface area contributed by atoms with Crippen LogP contribution in [-0.2, 0) is 9.53 Å². The molecular weight excluding hydrogens is 248 g/mol. The van der Waals surface area contributed by atoms with Crippen molar-refractivity contribution in [2.75, 3.05) is 12.9 Å². The Kier molecular flexibility index (Phi) is 4.10. The molecule has 2 aromatic rings. The third-order valence-corrected chi connectivity index (χ3v) is 3.73. The molecule has 94 valence electrons. The van der Waals surface area contributed by atoms with E-state index in [-0.39, 0.29) is 11.7 Å². The Balaban J connectivity index is 2.18. The SMILES string of the molecule is COC(=O)CCSc1ccc(O)c2ccccc12.